The van der Waals surface area contributed by atoms with Crippen LogP contribution in [0, 0.1) is 11.7 Å². The Labute approximate surface area is 156 Å². The molecule has 2 aliphatic rings. The van der Waals surface area contributed by atoms with Crippen LogP contribution in [0.15, 0.2) is 35.7 Å². The number of hydrogen-bond acceptors (Lipinski definition) is 3. The second kappa shape index (κ2) is 7.19. The highest BCUT2D eigenvalue weighted by Gasteiger charge is 2.33. The largest absolute Gasteiger partial charge is 0.338 e. The fourth-order valence-electron chi connectivity index (χ4n) is 3.83. The van der Waals surface area contributed by atoms with E-state index in [1.165, 1.54) is 34.7 Å². The Hall–Kier alpha value is -2.21. The van der Waals surface area contributed by atoms with Crippen molar-refractivity contribution < 1.29 is 14.0 Å². The van der Waals surface area contributed by atoms with E-state index in [2.05, 4.69) is 11.4 Å². The van der Waals surface area contributed by atoms with Gasteiger partial charge >= 0.3 is 0 Å². The molecular weight excluding hydrogens is 351 g/mol. The Morgan fingerprint density at radius 2 is 1.88 bits per heavy atom. The van der Waals surface area contributed by atoms with Crippen molar-refractivity contribution in [2.24, 2.45) is 5.92 Å². The third-order valence-electron chi connectivity index (χ3n) is 5.27. The summed E-state index contributed by atoms with van der Waals surface area (Å²) in [5.41, 5.74) is 1.73. The van der Waals surface area contributed by atoms with Crippen LogP contribution in [0.2, 0.25) is 0 Å². The zero-order chi connectivity index (χ0) is 18.1. The van der Waals surface area contributed by atoms with Crippen LogP contribution in [0.4, 0.5) is 4.39 Å². The van der Waals surface area contributed by atoms with Crippen LogP contribution in [0.1, 0.15) is 33.6 Å². The number of carbonyl (C=O) groups is 2. The van der Waals surface area contributed by atoms with Crippen LogP contribution in [0.25, 0.3) is 0 Å². The standard InChI is InChI=1S/C20H21FN2O2S/c21-17-5-3-14(4-6-17)19(24)22-9-1-2-16(13-22)20(25)23-10-7-18-15(12-23)8-11-26-18/h3-6,8,11,16H,1-2,7,9-10,12-13H2. The van der Waals surface area contributed by atoms with Crippen LogP contribution < -0.4 is 0 Å². The van der Waals surface area contributed by atoms with Gasteiger partial charge in [0.05, 0.1) is 5.92 Å². The molecule has 0 aliphatic carbocycles. The molecule has 0 N–H and O–H groups in total. The number of amides is 2. The predicted molar refractivity (Wildman–Crippen MR) is 98.5 cm³/mol. The number of piperidine rings is 1. The molecule has 2 aliphatic heterocycles. The minimum Gasteiger partial charge on any atom is -0.338 e. The topological polar surface area (TPSA) is 40.6 Å². The monoisotopic (exact) mass is 372 g/mol. The molecule has 4 rings (SSSR count). The maximum Gasteiger partial charge on any atom is 0.253 e. The first-order valence-corrected chi connectivity index (χ1v) is 9.88. The van der Waals surface area contributed by atoms with Crippen molar-refractivity contribution in [1.29, 1.82) is 0 Å². The maximum atomic E-state index is 13.1. The summed E-state index contributed by atoms with van der Waals surface area (Å²) in [4.78, 5) is 30.7. The summed E-state index contributed by atoms with van der Waals surface area (Å²) in [5, 5.41) is 2.09. The number of benzene rings is 1. The van der Waals surface area contributed by atoms with E-state index in [1.54, 1.807) is 16.2 Å². The Morgan fingerprint density at radius 1 is 1.08 bits per heavy atom. The smallest absolute Gasteiger partial charge is 0.253 e. The molecule has 1 unspecified atom stereocenters. The van der Waals surface area contributed by atoms with E-state index >= 15 is 0 Å². The Kier molecular flexibility index (Phi) is 4.76. The first-order valence-electron chi connectivity index (χ1n) is 9.00. The van der Waals surface area contributed by atoms with E-state index in [1.807, 2.05) is 4.90 Å². The lowest BCUT2D eigenvalue weighted by Crippen LogP contribution is -2.47. The van der Waals surface area contributed by atoms with Crippen LogP contribution in [-0.4, -0.2) is 41.2 Å². The Morgan fingerprint density at radius 3 is 2.69 bits per heavy atom. The van der Waals surface area contributed by atoms with Crippen LogP contribution >= 0.6 is 11.3 Å². The van der Waals surface area contributed by atoms with Crippen molar-refractivity contribution in [2.45, 2.75) is 25.8 Å². The molecule has 0 radical (unpaired) electrons. The van der Waals surface area contributed by atoms with Gasteiger partial charge in [-0.3, -0.25) is 9.59 Å². The third kappa shape index (κ3) is 3.38. The third-order valence-corrected chi connectivity index (χ3v) is 6.29. The van der Waals surface area contributed by atoms with E-state index in [9.17, 15) is 14.0 Å². The van der Waals surface area contributed by atoms with Gasteiger partial charge in [-0.2, -0.15) is 0 Å². The molecule has 1 aromatic heterocycles. The van der Waals surface area contributed by atoms with Gasteiger partial charge in [0.25, 0.3) is 5.91 Å². The van der Waals surface area contributed by atoms with Gasteiger partial charge in [-0.1, -0.05) is 0 Å². The van der Waals surface area contributed by atoms with E-state index < -0.39 is 0 Å². The molecule has 0 bridgehead atoms. The minimum absolute atomic E-state index is 0.124. The average molecular weight is 372 g/mol. The average Bonchev–Trinajstić information content (AvgIpc) is 3.15. The van der Waals surface area contributed by atoms with E-state index in [-0.39, 0.29) is 23.5 Å². The van der Waals surface area contributed by atoms with Crippen molar-refractivity contribution in [3.63, 3.8) is 0 Å². The zero-order valence-electron chi connectivity index (χ0n) is 14.5. The van der Waals surface area contributed by atoms with E-state index in [4.69, 9.17) is 0 Å². The number of thiophene rings is 1. The lowest BCUT2D eigenvalue weighted by atomic mass is 9.95. The van der Waals surface area contributed by atoms with Gasteiger partial charge in [0, 0.05) is 36.6 Å². The number of carbonyl (C=O) groups excluding carboxylic acids is 2. The van der Waals surface area contributed by atoms with E-state index in [0.717, 1.165) is 25.8 Å². The van der Waals surface area contributed by atoms with Gasteiger partial charge < -0.3 is 9.80 Å². The highest BCUT2D eigenvalue weighted by Crippen LogP contribution is 2.27. The number of hydrogen-bond donors (Lipinski definition) is 0. The van der Waals surface area contributed by atoms with Crippen LogP contribution in [-0.2, 0) is 17.8 Å². The number of likely N-dealkylation sites (tertiary alicyclic amines) is 1. The Balaban J connectivity index is 1.42. The highest BCUT2D eigenvalue weighted by molar-refractivity contribution is 7.10. The minimum atomic E-state index is -0.355. The molecule has 136 valence electrons. The Bertz CT molecular complexity index is 817. The summed E-state index contributed by atoms with van der Waals surface area (Å²) in [5.74, 6) is -0.473. The molecule has 2 amide bonds. The SMILES string of the molecule is O=C(c1ccc(F)cc1)N1CCCC(C(=O)N2CCc3sccc3C2)C1. The van der Waals surface area contributed by atoms with Crippen molar-refractivity contribution in [2.75, 3.05) is 19.6 Å². The number of nitrogens with zero attached hydrogens (tertiary/aromatic N) is 2. The summed E-state index contributed by atoms with van der Waals surface area (Å²) in [6, 6.07) is 7.71. The molecule has 4 nitrogen and oxygen atoms in total. The van der Waals surface area contributed by atoms with Crippen molar-refractivity contribution >= 4 is 23.2 Å². The summed E-state index contributed by atoms with van der Waals surface area (Å²) in [7, 11) is 0. The van der Waals surface area contributed by atoms with Crippen molar-refractivity contribution in [3.8, 4) is 0 Å². The molecule has 0 saturated carbocycles. The molecule has 2 aromatic rings. The predicted octanol–water partition coefficient (Wildman–Crippen LogP) is 3.32. The molecule has 6 heteroatoms. The van der Waals surface area contributed by atoms with E-state index in [0.29, 0.717) is 25.2 Å². The van der Waals surface area contributed by atoms with Gasteiger partial charge in [-0.25, -0.2) is 4.39 Å². The van der Waals surface area contributed by atoms with Gasteiger partial charge in [-0.05, 0) is 60.5 Å². The summed E-state index contributed by atoms with van der Waals surface area (Å²) >= 11 is 1.76. The second-order valence-electron chi connectivity index (χ2n) is 6.98. The molecular formula is C20H21FN2O2S. The normalized spacial score (nSPS) is 20.0. The molecule has 1 atom stereocenters. The second-order valence-corrected chi connectivity index (χ2v) is 7.98. The summed E-state index contributed by atoms with van der Waals surface area (Å²) in [6.45, 7) is 2.53. The quantitative estimate of drug-likeness (QED) is 0.811. The van der Waals surface area contributed by atoms with Crippen LogP contribution in [0.3, 0.4) is 0 Å². The van der Waals surface area contributed by atoms with Crippen LogP contribution in [0.5, 0.6) is 0 Å². The fraction of sp³-hybridized carbons (Fsp3) is 0.400. The molecule has 0 spiro atoms. The summed E-state index contributed by atoms with van der Waals surface area (Å²) < 4.78 is 13.1. The fourth-order valence-corrected chi connectivity index (χ4v) is 4.72. The summed E-state index contributed by atoms with van der Waals surface area (Å²) in [6.07, 6.45) is 2.56. The molecule has 1 aromatic carbocycles. The zero-order valence-corrected chi connectivity index (χ0v) is 15.3. The van der Waals surface area contributed by atoms with Gasteiger partial charge in [0.2, 0.25) is 5.91 Å². The maximum absolute atomic E-state index is 13.1. The van der Waals surface area contributed by atoms with Gasteiger partial charge in [0.15, 0.2) is 0 Å². The number of rotatable bonds is 2. The molecule has 1 saturated heterocycles. The van der Waals surface area contributed by atoms with Crippen molar-refractivity contribution in [1.82, 2.24) is 9.80 Å². The van der Waals surface area contributed by atoms with Crippen molar-refractivity contribution in [3.05, 3.63) is 57.5 Å². The van der Waals surface area contributed by atoms with Gasteiger partial charge in [0.1, 0.15) is 5.82 Å². The first kappa shape index (κ1) is 17.2. The molecule has 26 heavy (non-hydrogen) atoms. The van der Waals surface area contributed by atoms with Gasteiger partial charge in [-0.15, -0.1) is 11.3 Å². The molecule has 3 heterocycles. The molecule has 1 fully saturated rings. The number of fused-ring (bicyclic) bond motifs is 1. The highest BCUT2D eigenvalue weighted by atomic mass is 32.1. The number of halogens is 1. The first-order chi connectivity index (χ1) is 12.6. The lowest BCUT2D eigenvalue weighted by Gasteiger charge is -2.36. The lowest BCUT2D eigenvalue weighted by molar-refractivity contribution is -0.137.